The van der Waals surface area contributed by atoms with Crippen LogP contribution in [0.5, 0.6) is 0 Å². The van der Waals surface area contributed by atoms with Crippen molar-refractivity contribution in [2.75, 3.05) is 0 Å². The van der Waals surface area contributed by atoms with E-state index in [0.29, 0.717) is 11.1 Å². The minimum absolute atomic E-state index is 0.169. The van der Waals surface area contributed by atoms with E-state index < -0.39 is 17.5 Å². The molecule has 3 rings (SSSR count). The maximum atomic E-state index is 14.1. The molecule has 2 aromatic carbocycles. The van der Waals surface area contributed by atoms with Crippen molar-refractivity contribution in [1.29, 1.82) is 0 Å². The van der Waals surface area contributed by atoms with Gasteiger partial charge in [0.15, 0.2) is 11.6 Å². The third kappa shape index (κ3) is 3.48. The van der Waals surface area contributed by atoms with Crippen LogP contribution in [0.15, 0.2) is 47.6 Å². The number of nitrogens with zero attached hydrogens (tertiary/aromatic N) is 2. The van der Waals surface area contributed by atoms with Gasteiger partial charge in [0.1, 0.15) is 5.82 Å². The number of hydrogen-bond acceptors (Lipinski definition) is 3. The van der Waals surface area contributed by atoms with E-state index in [2.05, 4.69) is 9.98 Å². The molecule has 0 bridgehead atoms. The summed E-state index contributed by atoms with van der Waals surface area (Å²) in [5.74, 6) is -2.44. The van der Waals surface area contributed by atoms with Crippen LogP contribution in [-0.4, -0.2) is 11.2 Å². The fraction of sp³-hybridized carbons (Fsp3) is 0.0588. The Balaban J connectivity index is 1.88. The van der Waals surface area contributed by atoms with E-state index in [1.54, 1.807) is 18.5 Å². The monoisotopic (exact) mass is 332 g/mol. The predicted octanol–water partition coefficient (Wildman–Crippen LogP) is 5.29. The lowest BCUT2D eigenvalue weighted by molar-refractivity contribution is 0.509. The largest absolute Gasteiger partial charge is 0.252 e. The van der Waals surface area contributed by atoms with Gasteiger partial charge in [-0.25, -0.2) is 18.2 Å². The lowest BCUT2D eigenvalue weighted by Gasteiger charge is -2.04. The maximum absolute atomic E-state index is 14.1. The van der Waals surface area contributed by atoms with E-state index in [-0.39, 0.29) is 5.69 Å². The highest BCUT2D eigenvalue weighted by molar-refractivity contribution is 7.13. The zero-order chi connectivity index (χ0) is 16.4. The number of thiazole rings is 1. The molecule has 0 N–H and O–H groups in total. The molecule has 0 aliphatic heterocycles. The summed E-state index contributed by atoms with van der Waals surface area (Å²) >= 11 is 1.46. The topological polar surface area (TPSA) is 25.2 Å². The van der Waals surface area contributed by atoms with Crippen LogP contribution in [0, 0.1) is 24.4 Å². The summed E-state index contributed by atoms with van der Waals surface area (Å²) in [6.45, 7) is 1.87. The van der Waals surface area contributed by atoms with Gasteiger partial charge in [-0.2, -0.15) is 0 Å². The van der Waals surface area contributed by atoms with Crippen molar-refractivity contribution in [1.82, 2.24) is 4.98 Å². The van der Waals surface area contributed by atoms with Crippen molar-refractivity contribution in [3.63, 3.8) is 0 Å². The Kier molecular flexibility index (Phi) is 4.25. The van der Waals surface area contributed by atoms with Crippen molar-refractivity contribution in [2.24, 2.45) is 4.99 Å². The lowest BCUT2D eigenvalue weighted by atomic mass is 10.0. The van der Waals surface area contributed by atoms with Crippen LogP contribution in [-0.2, 0) is 0 Å². The smallest absolute Gasteiger partial charge is 0.159 e. The molecular formula is C17H11F3N2S. The molecule has 0 amide bonds. The summed E-state index contributed by atoms with van der Waals surface area (Å²) in [5, 5.41) is 0.903. The molecule has 0 fully saturated rings. The number of aryl methyl sites for hydroxylation is 1. The molecule has 6 heteroatoms. The van der Waals surface area contributed by atoms with Gasteiger partial charge in [-0.15, -0.1) is 11.3 Å². The van der Waals surface area contributed by atoms with Gasteiger partial charge in [-0.1, -0.05) is 12.1 Å². The van der Waals surface area contributed by atoms with Crippen LogP contribution >= 0.6 is 11.3 Å². The highest BCUT2D eigenvalue weighted by Crippen LogP contribution is 2.27. The lowest BCUT2D eigenvalue weighted by Crippen LogP contribution is -1.87. The molecule has 0 atom stereocenters. The van der Waals surface area contributed by atoms with Crippen molar-refractivity contribution >= 4 is 23.2 Å². The molecule has 0 unspecified atom stereocenters. The van der Waals surface area contributed by atoms with E-state index in [1.165, 1.54) is 29.5 Å². The van der Waals surface area contributed by atoms with Crippen molar-refractivity contribution < 1.29 is 13.2 Å². The summed E-state index contributed by atoms with van der Waals surface area (Å²) in [7, 11) is 0. The fourth-order valence-electron chi connectivity index (χ4n) is 2.04. The molecule has 0 spiro atoms. The molecule has 3 aromatic rings. The first-order valence-electron chi connectivity index (χ1n) is 6.74. The van der Waals surface area contributed by atoms with Gasteiger partial charge in [0, 0.05) is 12.4 Å². The number of aromatic nitrogens is 1. The van der Waals surface area contributed by atoms with E-state index in [0.717, 1.165) is 22.0 Å². The van der Waals surface area contributed by atoms with Crippen molar-refractivity contribution in [2.45, 2.75) is 6.92 Å². The van der Waals surface area contributed by atoms with Gasteiger partial charge >= 0.3 is 0 Å². The summed E-state index contributed by atoms with van der Waals surface area (Å²) in [6, 6.07) is 7.80. The van der Waals surface area contributed by atoms with Crippen LogP contribution in [0.1, 0.15) is 9.88 Å². The van der Waals surface area contributed by atoms with Crippen LogP contribution in [0.2, 0.25) is 0 Å². The first-order valence-corrected chi connectivity index (χ1v) is 7.56. The molecule has 1 heterocycles. The number of aliphatic imine (C=N–C) groups is 1. The fourth-order valence-corrected chi connectivity index (χ4v) is 2.69. The Morgan fingerprint density at radius 1 is 0.957 bits per heavy atom. The maximum Gasteiger partial charge on any atom is 0.159 e. The summed E-state index contributed by atoms with van der Waals surface area (Å²) < 4.78 is 40.3. The van der Waals surface area contributed by atoms with E-state index in [4.69, 9.17) is 0 Å². The molecule has 0 aliphatic carbocycles. The standard InChI is InChI=1S/C17H11F3N2S/c1-10-21-8-13(23-10)9-22-17-5-3-12(7-16(17)20)11-2-4-14(18)15(19)6-11/h2-9H,1H3. The first-order chi connectivity index (χ1) is 11.0. The quantitative estimate of drug-likeness (QED) is 0.599. The van der Waals surface area contributed by atoms with Crippen LogP contribution < -0.4 is 0 Å². The highest BCUT2D eigenvalue weighted by atomic mass is 32.1. The minimum atomic E-state index is -0.967. The molecular weight excluding hydrogens is 321 g/mol. The van der Waals surface area contributed by atoms with Crippen LogP contribution in [0.4, 0.5) is 18.9 Å². The Morgan fingerprint density at radius 2 is 1.65 bits per heavy atom. The van der Waals surface area contributed by atoms with Gasteiger partial charge in [-0.05, 0) is 42.3 Å². The van der Waals surface area contributed by atoms with Crippen LogP contribution in [0.25, 0.3) is 11.1 Å². The number of benzene rings is 2. The first kappa shape index (κ1) is 15.4. The minimum Gasteiger partial charge on any atom is -0.252 e. The number of rotatable bonds is 3. The Labute approximate surface area is 135 Å². The van der Waals surface area contributed by atoms with Crippen molar-refractivity contribution in [3.8, 4) is 11.1 Å². The average molecular weight is 332 g/mol. The highest BCUT2D eigenvalue weighted by Gasteiger charge is 2.07. The van der Waals surface area contributed by atoms with E-state index in [1.807, 2.05) is 6.92 Å². The van der Waals surface area contributed by atoms with Gasteiger partial charge in [0.25, 0.3) is 0 Å². The van der Waals surface area contributed by atoms with Gasteiger partial charge in [-0.3, -0.25) is 4.99 Å². The molecule has 1 aromatic heterocycles. The third-order valence-electron chi connectivity index (χ3n) is 3.17. The summed E-state index contributed by atoms with van der Waals surface area (Å²) in [4.78, 5) is 9.01. The van der Waals surface area contributed by atoms with E-state index in [9.17, 15) is 13.2 Å². The molecule has 0 aliphatic rings. The second-order valence-electron chi connectivity index (χ2n) is 4.83. The van der Waals surface area contributed by atoms with Crippen LogP contribution in [0.3, 0.4) is 0 Å². The third-order valence-corrected chi connectivity index (χ3v) is 4.02. The molecule has 0 saturated heterocycles. The van der Waals surface area contributed by atoms with Crippen molar-refractivity contribution in [3.05, 3.63) is 69.9 Å². The SMILES string of the molecule is Cc1ncc(C=Nc2ccc(-c3ccc(F)c(F)c3)cc2F)s1. The Bertz CT molecular complexity index is 887. The van der Waals surface area contributed by atoms with Gasteiger partial charge < -0.3 is 0 Å². The summed E-state index contributed by atoms with van der Waals surface area (Å²) in [6.07, 6.45) is 3.21. The van der Waals surface area contributed by atoms with Gasteiger partial charge in [0.05, 0.1) is 15.6 Å². The zero-order valence-corrected chi connectivity index (χ0v) is 12.9. The normalized spacial score (nSPS) is 11.3. The molecule has 0 saturated carbocycles. The molecule has 116 valence electrons. The number of hydrogen-bond donors (Lipinski definition) is 0. The summed E-state index contributed by atoms with van der Waals surface area (Å²) in [5.41, 5.74) is 1.02. The average Bonchev–Trinajstić information content (AvgIpc) is 2.94. The number of halogens is 3. The second kappa shape index (κ2) is 6.34. The molecule has 0 radical (unpaired) electrons. The zero-order valence-electron chi connectivity index (χ0n) is 12.1. The van der Waals surface area contributed by atoms with E-state index >= 15 is 0 Å². The predicted molar refractivity (Wildman–Crippen MR) is 85.9 cm³/mol. The second-order valence-corrected chi connectivity index (χ2v) is 6.10. The Hall–Kier alpha value is -2.47. The molecule has 2 nitrogen and oxygen atoms in total. The Morgan fingerprint density at radius 3 is 2.26 bits per heavy atom. The van der Waals surface area contributed by atoms with Gasteiger partial charge in [0.2, 0.25) is 0 Å². The molecule has 23 heavy (non-hydrogen) atoms.